The number of hydrogen-bond donors (Lipinski definition) is 3. The first kappa shape index (κ1) is 24.6. The molecule has 1 aromatic heterocycles. The Labute approximate surface area is 213 Å². The highest BCUT2D eigenvalue weighted by atomic mass is 79.9. The molecule has 3 N–H and O–H groups in total. The Morgan fingerprint density at radius 1 is 1.12 bits per heavy atom. The molecule has 2 unspecified atom stereocenters. The Hall–Kier alpha value is -2.57. The van der Waals surface area contributed by atoms with E-state index < -0.39 is 28.1 Å². The Balaban J connectivity index is 1.60. The van der Waals surface area contributed by atoms with Gasteiger partial charge >= 0.3 is 0 Å². The Morgan fingerprint density at radius 2 is 1.88 bits per heavy atom. The molecule has 0 saturated carbocycles. The van der Waals surface area contributed by atoms with Gasteiger partial charge in [0.05, 0.1) is 35.1 Å². The summed E-state index contributed by atoms with van der Waals surface area (Å²) < 4.78 is 37.7. The van der Waals surface area contributed by atoms with Gasteiger partial charge in [0.1, 0.15) is 15.9 Å². The highest BCUT2D eigenvalue weighted by molar-refractivity contribution is 9.10. The number of aliphatic hydroxyl groups is 1. The molecule has 0 aliphatic rings. The van der Waals surface area contributed by atoms with Crippen LogP contribution in [-0.2, 0) is 10.0 Å². The lowest BCUT2D eigenvalue weighted by Crippen LogP contribution is -2.37. The van der Waals surface area contributed by atoms with E-state index in [1.807, 2.05) is 6.07 Å². The van der Waals surface area contributed by atoms with E-state index in [0.717, 1.165) is 16.2 Å². The minimum Gasteiger partial charge on any atom is -0.386 e. The molecule has 0 bridgehead atoms. The van der Waals surface area contributed by atoms with Gasteiger partial charge < -0.3 is 10.4 Å². The summed E-state index contributed by atoms with van der Waals surface area (Å²) in [7, 11) is -4.11. The van der Waals surface area contributed by atoms with E-state index in [1.54, 1.807) is 37.3 Å². The van der Waals surface area contributed by atoms with Crippen molar-refractivity contribution in [1.82, 2.24) is 14.1 Å². The first-order chi connectivity index (χ1) is 16.2. The average Bonchev–Trinajstić information content (AvgIpc) is 3.27. The van der Waals surface area contributed by atoms with Crippen LogP contribution < -0.4 is 10.0 Å². The molecule has 0 saturated heterocycles. The summed E-state index contributed by atoms with van der Waals surface area (Å²) in [6.07, 6.45) is -0.983. The molecule has 3 aromatic carbocycles. The molecule has 0 fully saturated rings. The number of aliphatic hydroxyl groups excluding tert-OH is 1. The van der Waals surface area contributed by atoms with Crippen molar-refractivity contribution in [3.63, 3.8) is 0 Å². The summed E-state index contributed by atoms with van der Waals surface area (Å²) in [6, 6.07) is 15.3. The van der Waals surface area contributed by atoms with Gasteiger partial charge in [-0.2, -0.15) is 8.75 Å². The van der Waals surface area contributed by atoms with Crippen LogP contribution in [0, 0.1) is 0 Å². The lowest BCUT2D eigenvalue weighted by Gasteiger charge is -2.22. The summed E-state index contributed by atoms with van der Waals surface area (Å²) in [5, 5.41) is 13.6. The summed E-state index contributed by atoms with van der Waals surface area (Å²) in [4.78, 5) is 13.0. The van der Waals surface area contributed by atoms with Crippen LogP contribution in [0.4, 0.5) is 5.69 Å². The molecular formula is C22H18BrClN4O4S2. The molecule has 4 aromatic rings. The van der Waals surface area contributed by atoms with E-state index in [2.05, 4.69) is 34.7 Å². The fourth-order valence-electron chi connectivity index (χ4n) is 3.34. The summed E-state index contributed by atoms with van der Waals surface area (Å²) >= 11 is 10.4. The summed E-state index contributed by atoms with van der Waals surface area (Å²) in [5.41, 5.74) is 1.34. The van der Waals surface area contributed by atoms with Crippen LogP contribution in [-0.4, -0.2) is 34.2 Å². The maximum atomic E-state index is 13.2. The smallest absolute Gasteiger partial charge is 0.264 e. The van der Waals surface area contributed by atoms with Crippen LogP contribution in [0.5, 0.6) is 0 Å². The lowest BCUT2D eigenvalue weighted by atomic mass is 10.0. The van der Waals surface area contributed by atoms with E-state index in [4.69, 9.17) is 11.6 Å². The van der Waals surface area contributed by atoms with Gasteiger partial charge in [-0.1, -0.05) is 45.7 Å². The van der Waals surface area contributed by atoms with Crippen molar-refractivity contribution in [1.29, 1.82) is 0 Å². The molecule has 34 heavy (non-hydrogen) atoms. The van der Waals surface area contributed by atoms with Crippen molar-refractivity contribution in [2.45, 2.75) is 24.0 Å². The maximum absolute atomic E-state index is 13.2. The number of fused-ring (bicyclic) bond motifs is 1. The van der Waals surface area contributed by atoms with Crippen LogP contribution in [0.15, 0.2) is 70.0 Å². The molecule has 4 rings (SSSR count). The Bertz CT molecular complexity index is 1480. The zero-order chi connectivity index (χ0) is 24.5. The van der Waals surface area contributed by atoms with Crippen molar-refractivity contribution in [3.8, 4) is 0 Å². The molecule has 8 nitrogen and oxygen atoms in total. The van der Waals surface area contributed by atoms with Gasteiger partial charge in [-0.05, 0) is 55.0 Å². The minimum atomic E-state index is -4.11. The zero-order valence-corrected chi connectivity index (χ0v) is 21.5. The van der Waals surface area contributed by atoms with E-state index in [-0.39, 0.29) is 26.7 Å². The molecule has 12 heteroatoms. The fraction of sp³-hybridized carbons (Fsp3) is 0.136. The zero-order valence-electron chi connectivity index (χ0n) is 17.6. The number of sulfonamides is 1. The molecule has 0 spiro atoms. The van der Waals surface area contributed by atoms with E-state index in [0.29, 0.717) is 11.1 Å². The maximum Gasteiger partial charge on any atom is 0.264 e. The summed E-state index contributed by atoms with van der Waals surface area (Å²) in [6.45, 7) is 1.65. The highest BCUT2D eigenvalue weighted by Crippen LogP contribution is 2.28. The standard InChI is InChI=1S/C22H18BrClN4O4S2/c1-12(21(29)13-4-2-5-14(23)10-13)25-22(30)16-9-8-15(24)11-18(16)28-34(31,32)19-7-3-6-17-20(19)27-33-26-17/h2-12,21,28-29H,1H3,(H,25,30). The number of carbonyl (C=O) groups is 1. The fourth-order valence-corrected chi connectivity index (χ4v) is 5.77. The van der Waals surface area contributed by atoms with E-state index >= 15 is 0 Å². The number of anilines is 1. The van der Waals surface area contributed by atoms with Crippen LogP contribution in [0.2, 0.25) is 5.02 Å². The number of carbonyl (C=O) groups excluding carboxylic acids is 1. The Morgan fingerprint density at radius 3 is 2.65 bits per heavy atom. The first-order valence-electron chi connectivity index (χ1n) is 9.94. The number of aromatic nitrogens is 2. The Kier molecular flexibility index (Phi) is 7.20. The van der Waals surface area contributed by atoms with Crippen LogP contribution >= 0.6 is 39.3 Å². The second kappa shape index (κ2) is 9.96. The number of rotatable bonds is 7. The van der Waals surface area contributed by atoms with Crippen LogP contribution in [0.3, 0.4) is 0 Å². The van der Waals surface area contributed by atoms with Gasteiger partial charge in [-0.15, -0.1) is 0 Å². The van der Waals surface area contributed by atoms with Gasteiger partial charge in [0.2, 0.25) is 0 Å². The molecule has 176 valence electrons. The lowest BCUT2D eigenvalue weighted by molar-refractivity contribution is 0.0853. The monoisotopic (exact) mass is 580 g/mol. The third kappa shape index (κ3) is 5.23. The molecule has 1 amide bonds. The van der Waals surface area contributed by atoms with Crippen LogP contribution in [0.1, 0.15) is 28.9 Å². The largest absolute Gasteiger partial charge is 0.386 e. The van der Waals surface area contributed by atoms with Crippen molar-refractivity contribution >= 4 is 71.9 Å². The van der Waals surface area contributed by atoms with Gasteiger partial charge in [-0.25, -0.2) is 8.42 Å². The predicted molar refractivity (Wildman–Crippen MR) is 136 cm³/mol. The number of halogens is 2. The number of benzene rings is 3. The average molecular weight is 582 g/mol. The van der Waals surface area contributed by atoms with Gasteiger partial charge in [-0.3, -0.25) is 9.52 Å². The van der Waals surface area contributed by atoms with Gasteiger partial charge in [0, 0.05) is 9.50 Å². The molecule has 1 heterocycles. The highest BCUT2D eigenvalue weighted by Gasteiger charge is 2.25. The van der Waals surface area contributed by atoms with Crippen molar-refractivity contribution in [2.24, 2.45) is 0 Å². The predicted octanol–water partition coefficient (Wildman–Crippen LogP) is 4.76. The van der Waals surface area contributed by atoms with Crippen LogP contribution in [0.25, 0.3) is 11.0 Å². The number of nitrogens with one attached hydrogen (secondary N) is 2. The van der Waals surface area contributed by atoms with E-state index in [9.17, 15) is 18.3 Å². The third-order valence-electron chi connectivity index (χ3n) is 5.03. The van der Waals surface area contributed by atoms with Gasteiger partial charge in [0.25, 0.3) is 15.9 Å². The molecule has 0 aliphatic carbocycles. The normalized spacial score (nSPS) is 13.4. The second-order valence-corrected chi connectivity index (χ2v) is 11.0. The molecule has 0 radical (unpaired) electrons. The van der Waals surface area contributed by atoms with Crippen molar-refractivity contribution in [3.05, 3.63) is 81.3 Å². The molecule has 2 atom stereocenters. The van der Waals surface area contributed by atoms with E-state index in [1.165, 1.54) is 24.3 Å². The second-order valence-electron chi connectivity index (χ2n) is 7.45. The molecule has 0 aliphatic heterocycles. The summed E-state index contributed by atoms with van der Waals surface area (Å²) in [5.74, 6) is -0.579. The SMILES string of the molecule is CC(NC(=O)c1ccc(Cl)cc1NS(=O)(=O)c1cccc2nsnc12)C(O)c1cccc(Br)c1. The molecular weight excluding hydrogens is 564 g/mol. The van der Waals surface area contributed by atoms with Gasteiger partial charge in [0.15, 0.2) is 0 Å². The first-order valence-corrected chi connectivity index (χ1v) is 13.3. The van der Waals surface area contributed by atoms with Crippen molar-refractivity contribution in [2.75, 3.05) is 4.72 Å². The number of hydrogen-bond acceptors (Lipinski definition) is 7. The number of amides is 1. The minimum absolute atomic E-state index is 0.00524. The quantitative estimate of drug-likeness (QED) is 0.289. The topological polar surface area (TPSA) is 121 Å². The van der Waals surface area contributed by atoms with Crippen molar-refractivity contribution < 1.29 is 18.3 Å². The number of nitrogens with zero attached hydrogens (tertiary/aromatic N) is 2. The third-order valence-corrected chi connectivity index (χ3v) is 7.70.